The molecule has 0 spiro atoms. The highest BCUT2D eigenvalue weighted by Crippen LogP contribution is 2.29. The summed E-state index contributed by atoms with van der Waals surface area (Å²) in [6.07, 6.45) is 2.72. The maximum absolute atomic E-state index is 6.15. The average Bonchev–Trinajstić information content (AvgIpc) is 3.53. The smallest absolute Gasteiger partial charge is 0.323 e. The minimum atomic E-state index is 0.149. The van der Waals surface area contributed by atoms with Crippen LogP contribution in [0.2, 0.25) is 5.02 Å². The number of halogens is 1. The number of fused-ring (bicyclic) bond motifs is 1. The number of hydrogen-bond donors (Lipinski definition) is 2. The maximum Gasteiger partial charge on any atom is 0.323 e. The first-order valence-electron chi connectivity index (χ1n) is 14.6. The Morgan fingerprint density at radius 2 is 1.78 bits per heavy atom. The van der Waals surface area contributed by atoms with E-state index in [2.05, 4.69) is 48.0 Å². The molecule has 6 rings (SSSR count). The second kappa shape index (κ2) is 14.3. The van der Waals surface area contributed by atoms with Crippen LogP contribution in [0, 0.1) is 0 Å². The van der Waals surface area contributed by atoms with E-state index < -0.39 is 0 Å². The highest BCUT2D eigenvalue weighted by molar-refractivity contribution is 6.31. The van der Waals surface area contributed by atoms with Gasteiger partial charge in [-0.3, -0.25) is 4.68 Å². The van der Waals surface area contributed by atoms with Crippen molar-refractivity contribution in [3.8, 4) is 17.5 Å². The molecule has 1 saturated heterocycles. The van der Waals surface area contributed by atoms with Gasteiger partial charge in [-0.25, -0.2) is 0 Å². The number of methoxy groups -OCH3 is 2. The number of nitrogens with zero attached hydrogens (tertiary/aromatic N) is 7. The normalized spacial score (nSPS) is 13.1. The van der Waals surface area contributed by atoms with Gasteiger partial charge < -0.3 is 34.5 Å². The van der Waals surface area contributed by atoms with Crippen LogP contribution in [0.4, 0.5) is 23.3 Å². The summed E-state index contributed by atoms with van der Waals surface area (Å²) >= 11 is 6.15. The maximum atomic E-state index is 6.15. The molecule has 0 unspecified atom stereocenters. The van der Waals surface area contributed by atoms with Gasteiger partial charge in [0.1, 0.15) is 23.8 Å². The molecule has 1 fully saturated rings. The first-order chi connectivity index (χ1) is 22.1. The third-order valence-electron chi connectivity index (χ3n) is 7.16. The standard InChI is InChI=1S/C31H34ClN9O4/c1-42-25-16-23(17-26(18-25)43-2)34-29-35-30(40-11-13-44-14-12-40)37-31(36-29)45-20-24-19-41(39-38-24)10-4-9-33-28-6-3-5-21-15-22(32)7-8-27(21)28/h3,5-8,15-19,33H,4,9-14,20H2,1-2H3,(H,34,35,36,37). The van der Waals surface area contributed by atoms with Crippen LogP contribution in [0.25, 0.3) is 10.8 Å². The van der Waals surface area contributed by atoms with Crippen LogP contribution in [-0.4, -0.2) is 77.0 Å². The summed E-state index contributed by atoms with van der Waals surface area (Å²) in [5.41, 5.74) is 2.43. The summed E-state index contributed by atoms with van der Waals surface area (Å²) in [5.74, 6) is 2.08. The van der Waals surface area contributed by atoms with E-state index in [0.717, 1.165) is 34.4 Å². The molecular formula is C31H34ClN9O4. The van der Waals surface area contributed by atoms with Gasteiger partial charge in [0.05, 0.1) is 33.6 Å². The van der Waals surface area contributed by atoms with Crippen LogP contribution in [0.15, 0.2) is 60.8 Å². The van der Waals surface area contributed by atoms with Gasteiger partial charge in [0.2, 0.25) is 11.9 Å². The van der Waals surface area contributed by atoms with Gasteiger partial charge in [0.15, 0.2) is 0 Å². The largest absolute Gasteiger partial charge is 0.497 e. The highest BCUT2D eigenvalue weighted by atomic mass is 35.5. The fourth-order valence-electron chi connectivity index (χ4n) is 4.91. The molecule has 3 aromatic carbocycles. The third kappa shape index (κ3) is 7.80. The fraction of sp³-hybridized carbons (Fsp3) is 0.323. The van der Waals surface area contributed by atoms with Crippen molar-refractivity contribution in [2.45, 2.75) is 19.6 Å². The van der Waals surface area contributed by atoms with Crippen LogP contribution in [0.1, 0.15) is 12.1 Å². The molecule has 3 heterocycles. The van der Waals surface area contributed by atoms with Crippen molar-refractivity contribution in [1.82, 2.24) is 29.9 Å². The molecule has 1 aliphatic rings. The lowest BCUT2D eigenvalue weighted by Crippen LogP contribution is -2.37. The Labute approximate surface area is 265 Å². The van der Waals surface area contributed by atoms with E-state index in [1.54, 1.807) is 25.0 Å². The van der Waals surface area contributed by atoms with Crippen molar-refractivity contribution in [1.29, 1.82) is 0 Å². The first kappa shape index (κ1) is 30.2. The zero-order chi connectivity index (χ0) is 31.0. The van der Waals surface area contributed by atoms with E-state index in [4.69, 9.17) is 30.5 Å². The molecule has 0 saturated carbocycles. The molecule has 0 aliphatic carbocycles. The van der Waals surface area contributed by atoms with Gasteiger partial charge in [0.25, 0.3) is 0 Å². The quantitative estimate of drug-likeness (QED) is 0.170. The Kier molecular flexibility index (Phi) is 9.56. The molecule has 2 N–H and O–H groups in total. The predicted molar refractivity (Wildman–Crippen MR) is 172 cm³/mol. The second-order valence-corrected chi connectivity index (χ2v) is 10.7. The number of aromatic nitrogens is 6. The van der Waals surface area contributed by atoms with Gasteiger partial charge in [-0.2, -0.15) is 15.0 Å². The van der Waals surface area contributed by atoms with E-state index in [-0.39, 0.29) is 12.6 Å². The van der Waals surface area contributed by atoms with Gasteiger partial charge in [0, 0.05) is 66.2 Å². The van der Waals surface area contributed by atoms with Crippen molar-refractivity contribution in [2.24, 2.45) is 0 Å². The number of ether oxygens (including phenoxy) is 4. The molecular weight excluding hydrogens is 598 g/mol. The van der Waals surface area contributed by atoms with E-state index in [0.29, 0.717) is 67.6 Å². The summed E-state index contributed by atoms with van der Waals surface area (Å²) in [7, 11) is 3.20. The Bertz CT molecular complexity index is 1720. The van der Waals surface area contributed by atoms with E-state index in [1.807, 2.05) is 47.5 Å². The molecule has 45 heavy (non-hydrogen) atoms. The van der Waals surface area contributed by atoms with Gasteiger partial charge in [-0.05, 0) is 30.0 Å². The van der Waals surface area contributed by atoms with E-state index in [9.17, 15) is 0 Å². The summed E-state index contributed by atoms with van der Waals surface area (Å²) in [6.45, 7) is 4.12. The van der Waals surface area contributed by atoms with Crippen molar-refractivity contribution >= 4 is 45.6 Å². The third-order valence-corrected chi connectivity index (χ3v) is 7.40. The molecule has 0 amide bonds. The zero-order valence-electron chi connectivity index (χ0n) is 25.1. The lowest BCUT2D eigenvalue weighted by Gasteiger charge is -2.27. The molecule has 13 nitrogen and oxygen atoms in total. The molecule has 5 aromatic rings. The van der Waals surface area contributed by atoms with Crippen LogP contribution < -0.4 is 29.7 Å². The van der Waals surface area contributed by atoms with Crippen molar-refractivity contribution in [2.75, 3.05) is 62.6 Å². The Hall–Kier alpha value is -4.88. The number of hydrogen-bond acceptors (Lipinski definition) is 12. The van der Waals surface area contributed by atoms with Crippen LogP contribution in [0.5, 0.6) is 17.5 Å². The molecule has 14 heteroatoms. The highest BCUT2D eigenvalue weighted by Gasteiger charge is 2.18. The summed E-state index contributed by atoms with van der Waals surface area (Å²) in [6, 6.07) is 17.7. The SMILES string of the molecule is COc1cc(Nc2nc(OCc3cn(CCCNc4cccc5cc(Cl)ccc45)nn3)nc(N3CCOCC3)n2)cc(OC)c1. The summed E-state index contributed by atoms with van der Waals surface area (Å²) in [4.78, 5) is 15.7. The molecule has 234 valence electrons. The summed E-state index contributed by atoms with van der Waals surface area (Å²) < 4.78 is 24.1. The van der Waals surface area contributed by atoms with Gasteiger partial charge >= 0.3 is 6.01 Å². The first-order valence-corrected chi connectivity index (χ1v) is 15.0. The van der Waals surface area contributed by atoms with E-state index in [1.165, 1.54) is 0 Å². The predicted octanol–water partition coefficient (Wildman–Crippen LogP) is 4.95. The van der Waals surface area contributed by atoms with Gasteiger partial charge in [-0.15, -0.1) is 5.10 Å². The summed E-state index contributed by atoms with van der Waals surface area (Å²) in [5, 5.41) is 18.2. The Morgan fingerprint density at radius 1 is 0.956 bits per heavy atom. The van der Waals surface area contributed by atoms with Crippen LogP contribution in [-0.2, 0) is 17.9 Å². The fourth-order valence-corrected chi connectivity index (χ4v) is 5.09. The minimum absolute atomic E-state index is 0.149. The number of anilines is 4. The molecule has 2 aromatic heterocycles. The number of benzene rings is 3. The second-order valence-electron chi connectivity index (χ2n) is 10.3. The molecule has 0 atom stereocenters. The zero-order valence-corrected chi connectivity index (χ0v) is 25.8. The number of morpholine rings is 1. The van der Waals surface area contributed by atoms with E-state index >= 15 is 0 Å². The monoisotopic (exact) mass is 631 g/mol. The molecule has 0 bridgehead atoms. The lowest BCUT2D eigenvalue weighted by molar-refractivity contribution is 0.122. The van der Waals surface area contributed by atoms with Crippen molar-refractivity contribution in [3.63, 3.8) is 0 Å². The van der Waals surface area contributed by atoms with Crippen LogP contribution >= 0.6 is 11.6 Å². The molecule has 0 radical (unpaired) electrons. The number of nitrogens with one attached hydrogen (secondary N) is 2. The Morgan fingerprint density at radius 3 is 2.58 bits per heavy atom. The number of rotatable bonds is 13. The average molecular weight is 632 g/mol. The number of aryl methyl sites for hydroxylation is 1. The van der Waals surface area contributed by atoms with Crippen LogP contribution in [0.3, 0.4) is 0 Å². The van der Waals surface area contributed by atoms with Gasteiger partial charge in [-0.1, -0.05) is 35.0 Å². The Balaban J connectivity index is 1.08. The topological polar surface area (TPSA) is 134 Å². The minimum Gasteiger partial charge on any atom is -0.497 e. The molecule has 1 aliphatic heterocycles. The van der Waals surface area contributed by atoms with Crippen molar-refractivity contribution < 1.29 is 18.9 Å². The van der Waals surface area contributed by atoms with Crippen molar-refractivity contribution in [3.05, 3.63) is 71.5 Å². The lowest BCUT2D eigenvalue weighted by atomic mass is 10.1.